The molecule has 0 bridgehead atoms. The Morgan fingerprint density at radius 2 is 1.76 bits per heavy atom. The lowest BCUT2D eigenvalue weighted by Gasteiger charge is -2.41. The Balaban J connectivity index is 1.77. The van der Waals surface area contributed by atoms with Crippen LogP contribution in [0.2, 0.25) is 0 Å². The lowest BCUT2D eigenvalue weighted by atomic mass is 9.90. The van der Waals surface area contributed by atoms with Gasteiger partial charge in [0.15, 0.2) is 0 Å². The first-order chi connectivity index (χ1) is 15.7. The SMILES string of the molecule is CCOc1ccc(Br)cc1S(=O)(=O)N1Cc2ccccc2C[C@@H]1C(=O)N1C[C@@H](C)C[C@H](C)C1. The van der Waals surface area contributed by atoms with Crippen molar-refractivity contribution in [2.75, 3.05) is 19.7 Å². The van der Waals surface area contributed by atoms with Gasteiger partial charge in [0, 0.05) is 24.1 Å². The number of ether oxygens (including phenoxy) is 1. The number of likely N-dealkylation sites (tertiary alicyclic amines) is 1. The van der Waals surface area contributed by atoms with Crippen molar-refractivity contribution >= 4 is 31.9 Å². The number of hydrogen-bond donors (Lipinski definition) is 0. The molecule has 0 aromatic heterocycles. The van der Waals surface area contributed by atoms with Gasteiger partial charge in [0.05, 0.1) is 6.61 Å². The van der Waals surface area contributed by atoms with Crippen LogP contribution in [0.25, 0.3) is 0 Å². The first kappa shape index (κ1) is 24.2. The maximum Gasteiger partial charge on any atom is 0.247 e. The maximum absolute atomic E-state index is 14.0. The Morgan fingerprint density at radius 3 is 2.42 bits per heavy atom. The van der Waals surface area contributed by atoms with Gasteiger partial charge in [-0.1, -0.05) is 54.0 Å². The van der Waals surface area contributed by atoms with Crippen LogP contribution >= 0.6 is 15.9 Å². The summed E-state index contributed by atoms with van der Waals surface area (Å²) in [6, 6.07) is 12.0. The molecule has 3 atom stereocenters. The summed E-state index contributed by atoms with van der Waals surface area (Å²) < 4.78 is 35.7. The van der Waals surface area contributed by atoms with Crippen molar-refractivity contribution in [3.8, 4) is 5.75 Å². The number of benzene rings is 2. The quantitative estimate of drug-likeness (QED) is 0.567. The average Bonchev–Trinajstić information content (AvgIpc) is 2.78. The standard InChI is InChI=1S/C25H31BrN2O4S/c1-4-32-23-10-9-21(26)13-24(23)33(30,31)28-16-20-8-6-5-7-19(20)12-22(28)25(29)27-14-17(2)11-18(3)15-27/h5-10,13,17-18,22H,4,11-12,14-16H2,1-3H3/t17-,18-,22+/m0/s1. The van der Waals surface area contributed by atoms with Crippen LogP contribution < -0.4 is 4.74 Å². The minimum atomic E-state index is -4.01. The summed E-state index contributed by atoms with van der Waals surface area (Å²) in [5.74, 6) is 0.979. The number of carbonyl (C=O) groups excluding carboxylic acids is 1. The van der Waals surface area contributed by atoms with E-state index in [0.717, 1.165) is 17.5 Å². The smallest absolute Gasteiger partial charge is 0.247 e. The number of nitrogens with zero attached hydrogens (tertiary/aromatic N) is 2. The lowest BCUT2D eigenvalue weighted by Crippen LogP contribution is -2.56. The van der Waals surface area contributed by atoms with Crippen LogP contribution in [0.15, 0.2) is 51.8 Å². The Morgan fingerprint density at radius 1 is 1.09 bits per heavy atom. The number of rotatable bonds is 5. The number of halogens is 1. The second-order valence-corrected chi connectivity index (χ2v) is 12.0. The van der Waals surface area contributed by atoms with Gasteiger partial charge in [0.1, 0.15) is 16.7 Å². The molecule has 1 amide bonds. The maximum atomic E-state index is 14.0. The third-order valence-corrected chi connectivity index (χ3v) is 8.83. The highest BCUT2D eigenvalue weighted by Gasteiger charge is 2.43. The van der Waals surface area contributed by atoms with Crippen LogP contribution in [0.4, 0.5) is 0 Å². The van der Waals surface area contributed by atoms with E-state index in [4.69, 9.17) is 4.74 Å². The van der Waals surface area contributed by atoms with E-state index in [0.29, 0.717) is 48.2 Å². The van der Waals surface area contributed by atoms with Gasteiger partial charge >= 0.3 is 0 Å². The van der Waals surface area contributed by atoms with Gasteiger partial charge in [-0.05, 0) is 60.9 Å². The highest BCUT2D eigenvalue weighted by Crippen LogP contribution is 2.36. The molecule has 8 heteroatoms. The average molecular weight is 536 g/mol. The Kier molecular flexibility index (Phi) is 7.17. The second-order valence-electron chi connectivity index (χ2n) is 9.25. The zero-order chi connectivity index (χ0) is 23.8. The number of amides is 1. The van der Waals surface area contributed by atoms with Crippen LogP contribution in [0.5, 0.6) is 5.75 Å². The van der Waals surface area contributed by atoms with E-state index < -0.39 is 16.1 Å². The molecule has 2 heterocycles. The molecule has 1 saturated heterocycles. The van der Waals surface area contributed by atoms with E-state index in [1.807, 2.05) is 36.1 Å². The molecule has 0 aliphatic carbocycles. The van der Waals surface area contributed by atoms with Crippen molar-refractivity contribution in [1.82, 2.24) is 9.21 Å². The molecule has 2 aromatic carbocycles. The van der Waals surface area contributed by atoms with Crippen molar-refractivity contribution in [3.63, 3.8) is 0 Å². The first-order valence-electron chi connectivity index (χ1n) is 11.5. The van der Waals surface area contributed by atoms with E-state index in [-0.39, 0.29) is 17.3 Å². The fraction of sp³-hybridized carbons (Fsp3) is 0.480. The topological polar surface area (TPSA) is 66.9 Å². The fourth-order valence-electron chi connectivity index (χ4n) is 5.10. The van der Waals surface area contributed by atoms with E-state index >= 15 is 0 Å². The number of carbonyl (C=O) groups is 1. The minimum absolute atomic E-state index is 0.0799. The molecule has 0 unspecified atom stereocenters. The number of fused-ring (bicyclic) bond motifs is 1. The van der Waals surface area contributed by atoms with Crippen molar-refractivity contribution in [2.24, 2.45) is 11.8 Å². The van der Waals surface area contributed by atoms with Crippen LogP contribution in [-0.2, 0) is 27.8 Å². The van der Waals surface area contributed by atoms with Crippen LogP contribution in [0, 0.1) is 11.8 Å². The van der Waals surface area contributed by atoms with Gasteiger partial charge in [-0.2, -0.15) is 4.31 Å². The lowest BCUT2D eigenvalue weighted by molar-refractivity contribution is -0.138. The van der Waals surface area contributed by atoms with E-state index in [9.17, 15) is 13.2 Å². The highest BCUT2D eigenvalue weighted by atomic mass is 79.9. The number of piperidine rings is 1. The molecular formula is C25H31BrN2O4S. The Hall–Kier alpha value is -1.90. The van der Waals surface area contributed by atoms with E-state index in [1.165, 1.54) is 4.31 Å². The molecule has 6 nitrogen and oxygen atoms in total. The second kappa shape index (κ2) is 9.76. The third-order valence-electron chi connectivity index (χ3n) is 6.46. The first-order valence-corrected chi connectivity index (χ1v) is 13.7. The summed E-state index contributed by atoms with van der Waals surface area (Å²) in [6.07, 6.45) is 1.44. The summed E-state index contributed by atoms with van der Waals surface area (Å²) in [5, 5.41) is 0. The van der Waals surface area contributed by atoms with Gasteiger partial charge in [0.2, 0.25) is 15.9 Å². The predicted molar refractivity (Wildman–Crippen MR) is 131 cm³/mol. The molecule has 0 radical (unpaired) electrons. The number of sulfonamides is 1. The summed E-state index contributed by atoms with van der Waals surface area (Å²) in [4.78, 5) is 15.7. The largest absolute Gasteiger partial charge is 0.492 e. The molecule has 2 aromatic rings. The molecule has 2 aliphatic heterocycles. The molecule has 0 saturated carbocycles. The molecule has 178 valence electrons. The van der Waals surface area contributed by atoms with Crippen molar-refractivity contribution in [2.45, 2.75) is 51.1 Å². The molecule has 33 heavy (non-hydrogen) atoms. The molecule has 2 aliphatic rings. The van der Waals surface area contributed by atoms with Crippen LogP contribution in [0.1, 0.15) is 38.3 Å². The number of hydrogen-bond acceptors (Lipinski definition) is 4. The van der Waals surface area contributed by atoms with Gasteiger partial charge in [-0.3, -0.25) is 4.79 Å². The Labute approximate surface area is 205 Å². The summed E-state index contributed by atoms with van der Waals surface area (Å²) in [6.45, 7) is 7.95. The predicted octanol–water partition coefficient (Wildman–Crippen LogP) is 4.47. The highest BCUT2D eigenvalue weighted by molar-refractivity contribution is 9.10. The molecule has 1 fully saturated rings. The van der Waals surface area contributed by atoms with E-state index in [2.05, 4.69) is 29.8 Å². The van der Waals surface area contributed by atoms with Gasteiger partial charge < -0.3 is 9.64 Å². The van der Waals surface area contributed by atoms with Crippen LogP contribution in [0.3, 0.4) is 0 Å². The van der Waals surface area contributed by atoms with Crippen molar-refractivity contribution < 1.29 is 17.9 Å². The summed E-state index contributed by atoms with van der Waals surface area (Å²) >= 11 is 3.40. The van der Waals surface area contributed by atoms with Crippen LogP contribution in [-0.4, -0.2) is 49.3 Å². The zero-order valence-electron chi connectivity index (χ0n) is 19.3. The molecule has 0 N–H and O–H groups in total. The molecule has 0 spiro atoms. The van der Waals surface area contributed by atoms with Gasteiger partial charge in [0.25, 0.3) is 0 Å². The molecule has 4 rings (SSSR count). The zero-order valence-corrected chi connectivity index (χ0v) is 21.7. The van der Waals surface area contributed by atoms with Gasteiger partial charge in [-0.15, -0.1) is 0 Å². The normalized spacial score (nSPS) is 23.8. The summed E-state index contributed by atoms with van der Waals surface area (Å²) in [5.41, 5.74) is 1.96. The third kappa shape index (κ3) is 4.98. The van der Waals surface area contributed by atoms with Crippen molar-refractivity contribution in [3.05, 3.63) is 58.1 Å². The Bertz CT molecular complexity index is 1130. The minimum Gasteiger partial charge on any atom is -0.492 e. The molecular weight excluding hydrogens is 504 g/mol. The summed E-state index contributed by atoms with van der Waals surface area (Å²) in [7, 11) is -4.01. The fourth-order valence-corrected chi connectivity index (χ4v) is 7.33. The van der Waals surface area contributed by atoms with E-state index in [1.54, 1.807) is 18.2 Å². The van der Waals surface area contributed by atoms with Crippen molar-refractivity contribution in [1.29, 1.82) is 0 Å². The van der Waals surface area contributed by atoms with Gasteiger partial charge in [-0.25, -0.2) is 8.42 Å². The monoisotopic (exact) mass is 534 g/mol.